The number of carbonyl (C=O) groups excluding carboxylic acids is 1. The molecule has 2 fully saturated rings. The molecule has 0 aromatic rings. The molecule has 1 heterocycles. The van der Waals surface area contributed by atoms with Crippen molar-refractivity contribution in [3.05, 3.63) is 0 Å². The predicted octanol–water partition coefficient (Wildman–Crippen LogP) is -0.396. The first-order valence-corrected chi connectivity index (χ1v) is 9.09. The molecule has 0 aromatic carbocycles. The lowest BCUT2D eigenvalue weighted by Gasteiger charge is -2.38. The topological polar surface area (TPSA) is 118 Å². The quantitative estimate of drug-likeness (QED) is 0.731. The number of carboxylic acid groups (broad SMARTS) is 1. The van der Waals surface area contributed by atoms with Crippen LogP contribution < -0.4 is 5.73 Å². The van der Waals surface area contributed by atoms with E-state index >= 15 is 0 Å². The molecule has 21 heavy (non-hydrogen) atoms. The minimum absolute atomic E-state index is 0.000790. The van der Waals surface area contributed by atoms with Crippen LogP contribution in [-0.4, -0.2) is 60.4 Å². The van der Waals surface area contributed by atoms with Crippen molar-refractivity contribution in [3.8, 4) is 0 Å². The number of nitrogens with zero attached hydrogens (tertiary/aromatic N) is 1. The predicted molar refractivity (Wildman–Crippen MR) is 76.3 cm³/mol. The molecule has 1 aliphatic carbocycles. The maximum absolute atomic E-state index is 12.6. The van der Waals surface area contributed by atoms with E-state index in [0.29, 0.717) is 6.42 Å². The highest BCUT2D eigenvalue weighted by Crippen LogP contribution is 2.27. The number of nitrogens with two attached hydrogens (primary N) is 1. The van der Waals surface area contributed by atoms with Gasteiger partial charge in [-0.3, -0.25) is 9.59 Å². The van der Waals surface area contributed by atoms with Gasteiger partial charge in [-0.2, -0.15) is 0 Å². The number of hydrogen-bond acceptors (Lipinski definition) is 5. The summed E-state index contributed by atoms with van der Waals surface area (Å²) in [4.78, 5) is 25.0. The van der Waals surface area contributed by atoms with Gasteiger partial charge in [-0.25, -0.2) is 8.42 Å². The summed E-state index contributed by atoms with van der Waals surface area (Å²) in [7, 11) is -3.27. The standard InChI is InChI=1S/C13H22N2O5S/c14-10-3-1-2-9(6-10)13(18)15-4-5-21(19,20)8-11(15)7-12(16)17/h9-11H,1-8,14H2,(H,16,17). The van der Waals surface area contributed by atoms with Crippen LogP contribution in [0.2, 0.25) is 0 Å². The first-order chi connectivity index (χ1) is 9.78. The van der Waals surface area contributed by atoms with Crippen LogP contribution in [0.25, 0.3) is 0 Å². The van der Waals surface area contributed by atoms with Gasteiger partial charge in [0.25, 0.3) is 0 Å². The number of sulfone groups is 1. The van der Waals surface area contributed by atoms with Gasteiger partial charge in [0.15, 0.2) is 9.84 Å². The van der Waals surface area contributed by atoms with E-state index < -0.39 is 21.8 Å². The smallest absolute Gasteiger partial charge is 0.305 e. The monoisotopic (exact) mass is 318 g/mol. The van der Waals surface area contributed by atoms with Crippen molar-refractivity contribution < 1.29 is 23.1 Å². The Labute approximate surface area is 124 Å². The zero-order valence-corrected chi connectivity index (χ0v) is 12.7. The maximum Gasteiger partial charge on any atom is 0.305 e. The van der Waals surface area contributed by atoms with Gasteiger partial charge in [-0.05, 0) is 19.3 Å². The summed E-state index contributed by atoms with van der Waals surface area (Å²) in [5.74, 6) is -1.77. The summed E-state index contributed by atoms with van der Waals surface area (Å²) in [6.45, 7) is 0.0881. The second kappa shape index (κ2) is 6.31. The molecule has 0 aromatic heterocycles. The van der Waals surface area contributed by atoms with Gasteiger partial charge >= 0.3 is 5.97 Å². The number of hydrogen-bond donors (Lipinski definition) is 2. The molecular formula is C13H22N2O5S. The van der Waals surface area contributed by atoms with Crippen molar-refractivity contribution in [2.75, 3.05) is 18.1 Å². The van der Waals surface area contributed by atoms with Gasteiger partial charge < -0.3 is 15.7 Å². The zero-order valence-electron chi connectivity index (χ0n) is 11.9. The Morgan fingerprint density at radius 3 is 2.62 bits per heavy atom. The average Bonchev–Trinajstić information content (AvgIpc) is 2.36. The number of amides is 1. The fourth-order valence-corrected chi connectivity index (χ4v) is 4.76. The van der Waals surface area contributed by atoms with Crippen LogP contribution in [-0.2, 0) is 19.4 Å². The molecule has 7 nitrogen and oxygen atoms in total. The minimum Gasteiger partial charge on any atom is -0.481 e. The van der Waals surface area contributed by atoms with Crippen LogP contribution in [0.3, 0.4) is 0 Å². The second-order valence-corrected chi connectivity index (χ2v) is 8.25. The summed E-state index contributed by atoms with van der Waals surface area (Å²) in [5.41, 5.74) is 5.89. The molecule has 0 bridgehead atoms. The van der Waals surface area contributed by atoms with Crippen LogP contribution in [0.1, 0.15) is 32.1 Å². The number of rotatable bonds is 3. The Kier molecular flexibility index (Phi) is 4.88. The summed E-state index contributed by atoms with van der Waals surface area (Å²) in [6.07, 6.45) is 2.80. The Morgan fingerprint density at radius 1 is 1.29 bits per heavy atom. The zero-order chi connectivity index (χ0) is 15.6. The van der Waals surface area contributed by atoms with Crippen LogP contribution in [0.5, 0.6) is 0 Å². The van der Waals surface area contributed by atoms with Crippen LogP contribution in [0.15, 0.2) is 0 Å². The van der Waals surface area contributed by atoms with Crippen molar-refractivity contribution >= 4 is 21.7 Å². The van der Waals surface area contributed by atoms with E-state index in [1.165, 1.54) is 4.90 Å². The third-order valence-electron chi connectivity index (χ3n) is 4.29. The Balaban J connectivity index is 2.11. The largest absolute Gasteiger partial charge is 0.481 e. The van der Waals surface area contributed by atoms with Gasteiger partial charge in [-0.1, -0.05) is 6.42 Å². The number of aliphatic carboxylic acids is 1. The molecule has 1 saturated heterocycles. The number of carboxylic acids is 1. The van der Waals surface area contributed by atoms with E-state index in [2.05, 4.69) is 0 Å². The van der Waals surface area contributed by atoms with Gasteiger partial charge in [0, 0.05) is 18.5 Å². The third-order valence-corrected chi connectivity index (χ3v) is 5.98. The van der Waals surface area contributed by atoms with E-state index in [4.69, 9.17) is 10.8 Å². The fourth-order valence-electron chi connectivity index (χ4n) is 3.23. The SMILES string of the molecule is NC1CCCC(C(=O)N2CCS(=O)(=O)CC2CC(=O)O)C1. The molecule has 1 aliphatic heterocycles. The lowest BCUT2D eigenvalue weighted by atomic mass is 9.85. The van der Waals surface area contributed by atoms with E-state index in [9.17, 15) is 18.0 Å². The molecule has 8 heteroatoms. The Morgan fingerprint density at radius 2 is 2.00 bits per heavy atom. The molecule has 2 rings (SSSR count). The number of carbonyl (C=O) groups is 2. The van der Waals surface area contributed by atoms with Crippen molar-refractivity contribution in [2.24, 2.45) is 11.7 Å². The van der Waals surface area contributed by atoms with Gasteiger partial charge in [0.05, 0.1) is 24.0 Å². The molecule has 120 valence electrons. The van der Waals surface area contributed by atoms with Crippen LogP contribution in [0, 0.1) is 5.92 Å². The molecule has 0 spiro atoms. The molecule has 1 saturated carbocycles. The molecule has 3 N–H and O–H groups in total. The molecule has 3 atom stereocenters. The normalized spacial score (nSPS) is 32.6. The maximum atomic E-state index is 12.6. The average molecular weight is 318 g/mol. The third kappa shape index (κ3) is 4.16. The summed E-state index contributed by atoms with van der Waals surface area (Å²) in [6, 6.07) is -0.758. The molecule has 3 unspecified atom stereocenters. The van der Waals surface area contributed by atoms with E-state index in [1.807, 2.05) is 0 Å². The van der Waals surface area contributed by atoms with Crippen molar-refractivity contribution in [1.29, 1.82) is 0 Å². The van der Waals surface area contributed by atoms with Crippen LogP contribution >= 0.6 is 0 Å². The molecule has 2 aliphatic rings. The Bertz CT molecular complexity index is 519. The second-order valence-electron chi connectivity index (χ2n) is 6.02. The van der Waals surface area contributed by atoms with Crippen molar-refractivity contribution in [1.82, 2.24) is 4.90 Å². The summed E-state index contributed by atoms with van der Waals surface area (Å²) >= 11 is 0. The molecule has 1 amide bonds. The van der Waals surface area contributed by atoms with Crippen LogP contribution in [0.4, 0.5) is 0 Å². The van der Waals surface area contributed by atoms with Gasteiger partial charge in [0.2, 0.25) is 5.91 Å². The van der Waals surface area contributed by atoms with Gasteiger partial charge in [0.1, 0.15) is 0 Å². The summed E-state index contributed by atoms with van der Waals surface area (Å²) < 4.78 is 23.4. The van der Waals surface area contributed by atoms with E-state index in [0.717, 1.165) is 19.3 Å². The first kappa shape index (κ1) is 16.2. The lowest BCUT2D eigenvalue weighted by molar-refractivity contribution is -0.142. The molecular weight excluding hydrogens is 296 g/mol. The fraction of sp³-hybridized carbons (Fsp3) is 0.846. The van der Waals surface area contributed by atoms with Gasteiger partial charge in [-0.15, -0.1) is 0 Å². The van der Waals surface area contributed by atoms with E-state index in [1.54, 1.807) is 0 Å². The minimum atomic E-state index is -3.27. The highest BCUT2D eigenvalue weighted by molar-refractivity contribution is 7.91. The molecule has 0 radical (unpaired) electrons. The van der Waals surface area contributed by atoms with Crippen molar-refractivity contribution in [2.45, 2.75) is 44.2 Å². The van der Waals surface area contributed by atoms with Crippen molar-refractivity contribution in [3.63, 3.8) is 0 Å². The first-order valence-electron chi connectivity index (χ1n) is 7.27. The lowest BCUT2D eigenvalue weighted by Crippen LogP contribution is -2.54. The summed E-state index contributed by atoms with van der Waals surface area (Å²) in [5, 5.41) is 8.94. The Hall–Kier alpha value is -1.15. The highest BCUT2D eigenvalue weighted by Gasteiger charge is 2.38. The van der Waals surface area contributed by atoms with E-state index in [-0.39, 0.29) is 42.3 Å². The highest BCUT2D eigenvalue weighted by atomic mass is 32.2.